The summed E-state index contributed by atoms with van der Waals surface area (Å²) in [5, 5.41) is 19.1. The molecule has 0 amide bonds. The normalized spacial score (nSPS) is 11.6. The average molecular weight is 219 g/mol. The first-order valence-corrected chi connectivity index (χ1v) is 3.76. The van der Waals surface area contributed by atoms with E-state index in [1.54, 1.807) is 12.1 Å². The summed E-state index contributed by atoms with van der Waals surface area (Å²) in [5.74, 6) is 0. The SMILES string of the molecule is Cl.N[C@@H](CO)c1cccc([N+](=O)[O-])c1. The highest BCUT2D eigenvalue weighted by atomic mass is 35.5. The first-order chi connectivity index (χ1) is 6.15. The Bertz CT molecular complexity index is 319. The second kappa shape index (κ2) is 5.54. The number of benzene rings is 1. The van der Waals surface area contributed by atoms with Crippen molar-refractivity contribution in [3.05, 3.63) is 39.9 Å². The van der Waals surface area contributed by atoms with E-state index in [-0.39, 0.29) is 24.7 Å². The summed E-state index contributed by atoms with van der Waals surface area (Å²) < 4.78 is 0. The van der Waals surface area contributed by atoms with Gasteiger partial charge in [0.25, 0.3) is 5.69 Å². The van der Waals surface area contributed by atoms with Crippen molar-refractivity contribution in [2.45, 2.75) is 6.04 Å². The topological polar surface area (TPSA) is 89.4 Å². The monoisotopic (exact) mass is 218 g/mol. The zero-order valence-electron chi connectivity index (χ0n) is 7.29. The number of halogens is 1. The molecule has 0 aliphatic carbocycles. The number of rotatable bonds is 3. The lowest BCUT2D eigenvalue weighted by Gasteiger charge is -2.06. The van der Waals surface area contributed by atoms with Gasteiger partial charge in [0.15, 0.2) is 0 Å². The van der Waals surface area contributed by atoms with Crippen LogP contribution in [0, 0.1) is 10.1 Å². The molecule has 14 heavy (non-hydrogen) atoms. The van der Waals surface area contributed by atoms with Crippen molar-refractivity contribution in [3.63, 3.8) is 0 Å². The predicted molar refractivity (Wildman–Crippen MR) is 54.4 cm³/mol. The van der Waals surface area contributed by atoms with Gasteiger partial charge in [0.05, 0.1) is 17.6 Å². The lowest BCUT2D eigenvalue weighted by Crippen LogP contribution is -2.14. The Balaban J connectivity index is 0.00000169. The summed E-state index contributed by atoms with van der Waals surface area (Å²) in [4.78, 5) is 9.87. The summed E-state index contributed by atoms with van der Waals surface area (Å²) in [6, 6.07) is 5.38. The lowest BCUT2D eigenvalue weighted by molar-refractivity contribution is -0.384. The van der Waals surface area contributed by atoms with Crippen LogP contribution in [-0.4, -0.2) is 16.6 Å². The van der Waals surface area contributed by atoms with Gasteiger partial charge >= 0.3 is 0 Å². The zero-order valence-corrected chi connectivity index (χ0v) is 8.11. The minimum Gasteiger partial charge on any atom is -0.394 e. The van der Waals surface area contributed by atoms with E-state index in [1.165, 1.54) is 12.1 Å². The molecular weight excluding hydrogens is 208 g/mol. The third-order valence-electron chi connectivity index (χ3n) is 1.71. The average Bonchev–Trinajstić information content (AvgIpc) is 2.17. The molecule has 5 nitrogen and oxygen atoms in total. The fourth-order valence-electron chi connectivity index (χ4n) is 0.974. The summed E-state index contributed by atoms with van der Waals surface area (Å²) >= 11 is 0. The van der Waals surface area contributed by atoms with E-state index in [0.29, 0.717) is 5.56 Å². The van der Waals surface area contributed by atoms with Gasteiger partial charge < -0.3 is 10.8 Å². The molecule has 0 unspecified atom stereocenters. The molecule has 0 saturated heterocycles. The Morgan fingerprint density at radius 1 is 1.57 bits per heavy atom. The molecule has 3 N–H and O–H groups in total. The van der Waals surface area contributed by atoms with Crippen molar-refractivity contribution in [2.75, 3.05) is 6.61 Å². The molecule has 0 aliphatic rings. The highest BCUT2D eigenvalue weighted by Gasteiger charge is 2.09. The molecule has 0 saturated carbocycles. The standard InChI is InChI=1S/C8H10N2O3.ClH/c9-8(5-11)6-2-1-3-7(4-6)10(12)13;/h1-4,8,11H,5,9H2;1H/t8-;/m0./s1. The first-order valence-electron chi connectivity index (χ1n) is 3.76. The summed E-state index contributed by atoms with van der Waals surface area (Å²) in [6.07, 6.45) is 0. The van der Waals surface area contributed by atoms with E-state index in [2.05, 4.69) is 0 Å². The number of nitro groups is 1. The molecule has 1 atom stereocenters. The highest BCUT2D eigenvalue weighted by Crippen LogP contribution is 2.17. The smallest absolute Gasteiger partial charge is 0.269 e. The summed E-state index contributed by atoms with van der Waals surface area (Å²) in [6.45, 7) is -0.221. The first kappa shape index (κ1) is 12.8. The number of hydrogen-bond acceptors (Lipinski definition) is 4. The largest absolute Gasteiger partial charge is 0.394 e. The molecule has 0 aromatic heterocycles. The second-order valence-corrected chi connectivity index (χ2v) is 2.64. The Hall–Kier alpha value is -1.17. The van der Waals surface area contributed by atoms with Crippen LogP contribution in [0.2, 0.25) is 0 Å². The fraction of sp³-hybridized carbons (Fsp3) is 0.250. The Labute approximate surface area is 87.1 Å². The predicted octanol–water partition coefficient (Wildman–Crippen LogP) is 1.01. The summed E-state index contributed by atoms with van der Waals surface area (Å²) in [5.41, 5.74) is 6.04. The van der Waals surface area contributed by atoms with Crippen molar-refractivity contribution in [1.29, 1.82) is 0 Å². The summed E-state index contributed by atoms with van der Waals surface area (Å²) in [7, 11) is 0. The molecule has 0 aliphatic heterocycles. The van der Waals surface area contributed by atoms with Crippen LogP contribution < -0.4 is 5.73 Å². The number of nitro benzene ring substituents is 1. The van der Waals surface area contributed by atoms with Crippen LogP contribution in [0.25, 0.3) is 0 Å². The van der Waals surface area contributed by atoms with Crippen LogP contribution in [0.3, 0.4) is 0 Å². The van der Waals surface area contributed by atoms with Gasteiger partial charge in [-0.25, -0.2) is 0 Å². The number of hydrogen-bond donors (Lipinski definition) is 2. The third-order valence-corrected chi connectivity index (χ3v) is 1.71. The Morgan fingerprint density at radius 2 is 2.21 bits per heavy atom. The van der Waals surface area contributed by atoms with E-state index < -0.39 is 11.0 Å². The third kappa shape index (κ3) is 2.95. The van der Waals surface area contributed by atoms with Crippen LogP contribution in [0.4, 0.5) is 5.69 Å². The molecule has 0 bridgehead atoms. The van der Waals surface area contributed by atoms with E-state index in [9.17, 15) is 10.1 Å². The zero-order chi connectivity index (χ0) is 9.84. The molecule has 0 heterocycles. The molecule has 1 aromatic carbocycles. The molecule has 1 aromatic rings. The van der Waals surface area contributed by atoms with Crippen molar-refractivity contribution >= 4 is 18.1 Å². The van der Waals surface area contributed by atoms with E-state index >= 15 is 0 Å². The van der Waals surface area contributed by atoms with Crippen molar-refractivity contribution in [1.82, 2.24) is 0 Å². The maximum absolute atomic E-state index is 10.4. The van der Waals surface area contributed by atoms with E-state index in [4.69, 9.17) is 10.8 Å². The molecule has 0 spiro atoms. The maximum Gasteiger partial charge on any atom is 0.269 e. The van der Waals surface area contributed by atoms with Crippen molar-refractivity contribution in [2.24, 2.45) is 5.73 Å². The minimum atomic E-state index is -0.556. The van der Waals surface area contributed by atoms with Gasteiger partial charge in [0.2, 0.25) is 0 Å². The van der Waals surface area contributed by atoms with Crippen LogP contribution in [0.1, 0.15) is 11.6 Å². The van der Waals surface area contributed by atoms with E-state index in [1.807, 2.05) is 0 Å². The molecule has 78 valence electrons. The van der Waals surface area contributed by atoms with Crippen molar-refractivity contribution < 1.29 is 10.0 Å². The number of nitrogens with zero attached hydrogens (tertiary/aromatic N) is 1. The van der Waals surface area contributed by atoms with Gasteiger partial charge in [-0.05, 0) is 5.56 Å². The highest BCUT2D eigenvalue weighted by molar-refractivity contribution is 5.85. The molecule has 0 fully saturated rings. The molecule has 1 rings (SSSR count). The van der Waals surface area contributed by atoms with Gasteiger partial charge in [-0.3, -0.25) is 10.1 Å². The van der Waals surface area contributed by atoms with Crippen LogP contribution in [-0.2, 0) is 0 Å². The van der Waals surface area contributed by atoms with Gasteiger partial charge in [-0.1, -0.05) is 12.1 Å². The molecule has 6 heteroatoms. The molecule has 0 radical (unpaired) electrons. The van der Waals surface area contributed by atoms with Gasteiger partial charge in [0.1, 0.15) is 0 Å². The Kier molecular flexibility index (Phi) is 5.07. The lowest BCUT2D eigenvalue weighted by atomic mass is 10.1. The number of nitrogens with two attached hydrogens (primary N) is 1. The number of non-ortho nitro benzene ring substituents is 1. The van der Waals surface area contributed by atoms with Gasteiger partial charge in [-0.15, -0.1) is 12.4 Å². The maximum atomic E-state index is 10.4. The van der Waals surface area contributed by atoms with Crippen LogP contribution in [0.15, 0.2) is 24.3 Å². The number of aliphatic hydroxyl groups excluding tert-OH is 1. The fourth-order valence-corrected chi connectivity index (χ4v) is 0.974. The molecular formula is C8H11ClN2O3. The van der Waals surface area contributed by atoms with Crippen LogP contribution in [0.5, 0.6) is 0 Å². The van der Waals surface area contributed by atoms with Crippen molar-refractivity contribution in [3.8, 4) is 0 Å². The second-order valence-electron chi connectivity index (χ2n) is 2.64. The minimum absolute atomic E-state index is 0. The van der Waals surface area contributed by atoms with Gasteiger partial charge in [0, 0.05) is 12.1 Å². The van der Waals surface area contributed by atoms with Crippen LogP contribution >= 0.6 is 12.4 Å². The Morgan fingerprint density at radius 3 is 2.71 bits per heavy atom. The number of aliphatic hydroxyl groups is 1. The van der Waals surface area contributed by atoms with Gasteiger partial charge in [-0.2, -0.15) is 0 Å². The quantitative estimate of drug-likeness (QED) is 0.585. The van der Waals surface area contributed by atoms with E-state index in [0.717, 1.165) is 0 Å².